The van der Waals surface area contributed by atoms with Gasteiger partial charge in [0.05, 0.1) is 0 Å². The molecule has 1 atom stereocenters. The van der Waals surface area contributed by atoms with Crippen molar-refractivity contribution in [3.63, 3.8) is 0 Å². The van der Waals surface area contributed by atoms with Gasteiger partial charge in [-0.3, -0.25) is 4.79 Å². The van der Waals surface area contributed by atoms with Crippen molar-refractivity contribution in [2.75, 3.05) is 0 Å². The molecule has 0 aliphatic carbocycles. The number of nitrogens with zero attached hydrogens (tertiary/aromatic N) is 2. The van der Waals surface area contributed by atoms with E-state index < -0.39 is 5.91 Å². The van der Waals surface area contributed by atoms with Crippen molar-refractivity contribution in [3.05, 3.63) is 46.3 Å². The Kier molecular flexibility index (Phi) is 15.1. The predicted octanol–water partition coefficient (Wildman–Crippen LogP) is 5.61. The van der Waals surface area contributed by atoms with Gasteiger partial charge in [0.25, 0.3) is 5.91 Å². The number of amides is 1. The maximum Gasteiger partial charge on any atom is 0.286 e. The zero-order chi connectivity index (χ0) is 17.2. The summed E-state index contributed by atoms with van der Waals surface area (Å²) in [7, 11) is 0. The number of allylic oxidation sites excluding steroid dienone is 5. The van der Waals surface area contributed by atoms with Gasteiger partial charge in [0.1, 0.15) is 6.04 Å². The van der Waals surface area contributed by atoms with E-state index in [4.69, 9.17) is 0 Å². The number of nitroso groups, excluding NO2 is 2. The summed E-state index contributed by atoms with van der Waals surface area (Å²) in [6.45, 7) is 2.10. The Morgan fingerprint density at radius 3 is 2.39 bits per heavy atom. The molecule has 0 saturated heterocycles. The molecule has 0 aromatic rings. The van der Waals surface area contributed by atoms with Crippen LogP contribution in [0.2, 0.25) is 0 Å². The van der Waals surface area contributed by atoms with E-state index in [1.165, 1.54) is 0 Å². The molecule has 0 fully saturated rings. The molecule has 0 radical (unpaired) electrons. The standard InChI is InChI=1S/C18H28N2O3/c1-2-3-4-5-6-8-11-14-17(19-22)15-12-9-7-10-13-16-18(21)20-23/h3-4,6,8,11,14,17H,2,5,7,9-10,12-13,15-16H2,1H3/b4-3-,8-6-,14-11+. The van der Waals surface area contributed by atoms with Crippen LogP contribution in [0.3, 0.4) is 0 Å². The van der Waals surface area contributed by atoms with Gasteiger partial charge in [-0.05, 0) is 25.7 Å². The molecule has 23 heavy (non-hydrogen) atoms. The minimum Gasteiger partial charge on any atom is -0.269 e. The second-order valence-corrected chi connectivity index (χ2v) is 5.39. The summed E-state index contributed by atoms with van der Waals surface area (Å²) in [5.74, 6) is -0.571. The van der Waals surface area contributed by atoms with E-state index in [1.807, 2.05) is 24.3 Å². The third-order valence-corrected chi connectivity index (χ3v) is 3.38. The zero-order valence-electron chi connectivity index (χ0n) is 14.0. The number of rotatable bonds is 14. The third-order valence-electron chi connectivity index (χ3n) is 3.38. The lowest BCUT2D eigenvalue weighted by atomic mass is 10.1. The van der Waals surface area contributed by atoms with Crippen LogP contribution in [0.1, 0.15) is 64.7 Å². The van der Waals surface area contributed by atoms with Crippen LogP contribution in [-0.2, 0) is 4.79 Å². The fourth-order valence-corrected chi connectivity index (χ4v) is 2.08. The Morgan fingerprint density at radius 2 is 1.70 bits per heavy atom. The van der Waals surface area contributed by atoms with Crippen molar-refractivity contribution in [1.29, 1.82) is 0 Å². The van der Waals surface area contributed by atoms with Crippen molar-refractivity contribution >= 4 is 5.91 Å². The number of hydrogen-bond donors (Lipinski definition) is 0. The molecule has 1 amide bonds. The normalized spacial score (nSPS) is 13.1. The summed E-state index contributed by atoms with van der Waals surface area (Å²) < 4.78 is 0. The lowest BCUT2D eigenvalue weighted by Crippen LogP contribution is -1.98. The van der Waals surface area contributed by atoms with Gasteiger partial charge < -0.3 is 0 Å². The molecule has 1 unspecified atom stereocenters. The molecule has 5 nitrogen and oxygen atoms in total. The van der Waals surface area contributed by atoms with Gasteiger partial charge in [0, 0.05) is 11.6 Å². The number of carbonyl (C=O) groups is 1. The Hall–Kier alpha value is -1.91. The van der Waals surface area contributed by atoms with Gasteiger partial charge in [-0.1, -0.05) is 74.2 Å². The fourth-order valence-electron chi connectivity index (χ4n) is 2.08. The predicted molar refractivity (Wildman–Crippen MR) is 95.0 cm³/mol. The first kappa shape index (κ1) is 21.1. The van der Waals surface area contributed by atoms with Crippen LogP contribution in [0.25, 0.3) is 0 Å². The highest BCUT2D eigenvalue weighted by Crippen LogP contribution is 2.11. The molecular formula is C18H28N2O3. The minimum atomic E-state index is -0.571. The molecule has 0 aliphatic heterocycles. The van der Waals surface area contributed by atoms with Crippen LogP contribution < -0.4 is 0 Å². The molecule has 0 spiro atoms. The van der Waals surface area contributed by atoms with Gasteiger partial charge in [0.15, 0.2) is 0 Å². The lowest BCUT2D eigenvalue weighted by Gasteiger charge is -2.03. The molecular weight excluding hydrogens is 292 g/mol. The first-order chi connectivity index (χ1) is 11.2. The summed E-state index contributed by atoms with van der Waals surface area (Å²) in [6, 6.07) is -0.272. The maximum atomic E-state index is 10.8. The SMILES string of the molecule is CC/C=C\C/C=C\C=C\C(CCCCCCCC(=O)N=O)N=O. The van der Waals surface area contributed by atoms with Crippen molar-refractivity contribution in [2.24, 2.45) is 10.4 Å². The Labute approximate surface area is 138 Å². The third kappa shape index (κ3) is 14.8. The van der Waals surface area contributed by atoms with E-state index in [0.29, 0.717) is 6.42 Å². The highest BCUT2D eigenvalue weighted by Gasteiger charge is 2.03. The topological polar surface area (TPSA) is 75.9 Å². The summed E-state index contributed by atoms with van der Waals surface area (Å²) in [6.07, 6.45) is 19.4. The van der Waals surface area contributed by atoms with Gasteiger partial charge in [-0.2, -0.15) is 4.91 Å². The maximum absolute atomic E-state index is 10.8. The molecule has 128 valence electrons. The van der Waals surface area contributed by atoms with Gasteiger partial charge in [-0.15, -0.1) is 4.91 Å². The molecule has 5 heteroatoms. The van der Waals surface area contributed by atoms with E-state index in [1.54, 1.807) is 0 Å². The molecule has 0 N–H and O–H groups in total. The van der Waals surface area contributed by atoms with Crippen molar-refractivity contribution in [2.45, 2.75) is 70.8 Å². The molecule has 0 rings (SSSR count). The molecule has 0 aromatic heterocycles. The zero-order valence-corrected chi connectivity index (χ0v) is 14.0. The highest BCUT2D eigenvalue weighted by atomic mass is 16.3. The van der Waals surface area contributed by atoms with Crippen LogP contribution >= 0.6 is 0 Å². The van der Waals surface area contributed by atoms with Crippen LogP contribution in [-0.4, -0.2) is 11.9 Å². The summed E-state index contributed by atoms with van der Waals surface area (Å²) in [5.41, 5.74) is 0. The molecule has 0 aliphatic rings. The average Bonchev–Trinajstić information content (AvgIpc) is 2.57. The second-order valence-electron chi connectivity index (χ2n) is 5.39. The van der Waals surface area contributed by atoms with E-state index in [-0.39, 0.29) is 12.5 Å². The molecule has 0 saturated carbocycles. The first-order valence-corrected chi connectivity index (χ1v) is 8.41. The number of hydrogen-bond acceptors (Lipinski definition) is 4. The fraction of sp³-hybridized carbons (Fsp3) is 0.611. The van der Waals surface area contributed by atoms with Crippen LogP contribution in [0, 0.1) is 9.81 Å². The van der Waals surface area contributed by atoms with Crippen LogP contribution in [0.4, 0.5) is 0 Å². The largest absolute Gasteiger partial charge is 0.286 e. The van der Waals surface area contributed by atoms with Crippen molar-refractivity contribution < 1.29 is 4.79 Å². The monoisotopic (exact) mass is 320 g/mol. The molecule has 0 aromatic carbocycles. The van der Waals surface area contributed by atoms with Crippen LogP contribution in [0.15, 0.2) is 46.8 Å². The Morgan fingerprint density at radius 1 is 0.957 bits per heavy atom. The van der Waals surface area contributed by atoms with E-state index in [9.17, 15) is 14.6 Å². The van der Waals surface area contributed by atoms with Gasteiger partial charge >= 0.3 is 0 Å². The average molecular weight is 320 g/mol. The van der Waals surface area contributed by atoms with E-state index in [0.717, 1.165) is 44.9 Å². The summed E-state index contributed by atoms with van der Waals surface area (Å²) >= 11 is 0. The number of carbonyl (C=O) groups excluding carboxylic acids is 1. The lowest BCUT2D eigenvalue weighted by molar-refractivity contribution is -0.118. The second kappa shape index (κ2) is 16.5. The molecule has 0 heterocycles. The van der Waals surface area contributed by atoms with Crippen molar-refractivity contribution in [1.82, 2.24) is 0 Å². The summed E-state index contributed by atoms with van der Waals surface area (Å²) in [4.78, 5) is 31.4. The number of unbranched alkanes of at least 4 members (excludes halogenated alkanes) is 4. The first-order valence-electron chi connectivity index (χ1n) is 8.41. The quantitative estimate of drug-likeness (QED) is 0.180. The Bertz CT molecular complexity index is 414. The minimum absolute atomic E-state index is 0.241. The van der Waals surface area contributed by atoms with Gasteiger partial charge in [0.2, 0.25) is 0 Å². The highest BCUT2D eigenvalue weighted by molar-refractivity contribution is 5.76. The van der Waals surface area contributed by atoms with E-state index in [2.05, 4.69) is 29.4 Å². The van der Waals surface area contributed by atoms with Crippen LogP contribution in [0.5, 0.6) is 0 Å². The Balaban J connectivity index is 3.69. The molecule has 0 bridgehead atoms. The smallest absolute Gasteiger partial charge is 0.269 e. The van der Waals surface area contributed by atoms with Gasteiger partial charge in [-0.25, -0.2) is 0 Å². The van der Waals surface area contributed by atoms with E-state index >= 15 is 0 Å². The van der Waals surface area contributed by atoms with Crippen molar-refractivity contribution in [3.8, 4) is 0 Å². The summed E-state index contributed by atoms with van der Waals surface area (Å²) in [5, 5.41) is 5.49.